The molecular formula is C17H17F2N3O3. The van der Waals surface area contributed by atoms with Gasteiger partial charge in [0.1, 0.15) is 5.69 Å². The monoisotopic (exact) mass is 349 g/mol. The summed E-state index contributed by atoms with van der Waals surface area (Å²) < 4.78 is 31.0. The van der Waals surface area contributed by atoms with Crippen LogP contribution in [-0.4, -0.2) is 37.1 Å². The summed E-state index contributed by atoms with van der Waals surface area (Å²) in [5, 5.41) is 5.09. The average molecular weight is 349 g/mol. The third-order valence-electron chi connectivity index (χ3n) is 3.24. The number of methoxy groups -OCH3 is 1. The molecule has 0 fully saturated rings. The highest BCUT2D eigenvalue weighted by atomic mass is 19.2. The molecule has 8 heteroatoms. The van der Waals surface area contributed by atoms with Crippen LogP contribution in [0, 0.1) is 11.6 Å². The van der Waals surface area contributed by atoms with Crippen molar-refractivity contribution in [3.8, 4) is 0 Å². The van der Waals surface area contributed by atoms with E-state index in [1.165, 1.54) is 24.4 Å². The van der Waals surface area contributed by atoms with E-state index in [4.69, 9.17) is 4.74 Å². The van der Waals surface area contributed by atoms with E-state index < -0.39 is 17.5 Å². The van der Waals surface area contributed by atoms with Crippen molar-refractivity contribution in [2.45, 2.75) is 6.42 Å². The number of carbonyl (C=O) groups is 2. The number of nitrogens with zero attached hydrogens (tertiary/aromatic N) is 1. The maximum absolute atomic E-state index is 13.2. The molecule has 6 nitrogen and oxygen atoms in total. The summed E-state index contributed by atoms with van der Waals surface area (Å²) in [6, 6.07) is 5.78. The molecule has 0 aliphatic rings. The number of amides is 2. The normalized spacial score (nSPS) is 10.4. The molecule has 25 heavy (non-hydrogen) atoms. The van der Waals surface area contributed by atoms with E-state index in [0.29, 0.717) is 19.6 Å². The van der Waals surface area contributed by atoms with Gasteiger partial charge in [-0.15, -0.1) is 0 Å². The summed E-state index contributed by atoms with van der Waals surface area (Å²) in [4.78, 5) is 28.1. The lowest BCUT2D eigenvalue weighted by molar-refractivity contribution is 0.0948. The van der Waals surface area contributed by atoms with Gasteiger partial charge in [0.15, 0.2) is 11.6 Å². The summed E-state index contributed by atoms with van der Waals surface area (Å²) >= 11 is 0. The fourth-order valence-electron chi connectivity index (χ4n) is 1.99. The summed E-state index contributed by atoms with van der Waals surface area (Å²) in [6.07, 6.45) is 1.99. The number of benzene rings is 1. The molecule has 0 aliphatic carbocycles. The van der Waals surface area contributed by atoms with Crippen LogP contribution in [0.15, 0.2) is 36.5 Å². The highest BCUT2D eigenvalue weighted by Crippen LogP contribution is 2.14. The Balaban J connectivity index is 2.03. The Bertz CT molecular complexity index is 769. The minimum atomic E-state index is -1.07. The number of hydrogen-bond acceptors (Lipinski definition) is 4. The second-order valence-electron chi connectivity index (χ2n) is 5.12. The summed E-state index contributed by atoms with van der Waals surface area (Å²) in [7, 11) is 1.57. The quantitative estimate of drug-likeness (QED) is 0.752. The Morgan fingerprint density at radius 2 is 1.92 bits per heavy atom. The van der Waals surface area contributed by atoms with Crippen LogP contribution in [0.25, 0.3) is 0 Å². The van der Waals surface area contributed by atoms with Crippen molar-refractivity contribution in [3.63, 3.8) is 0 Å². The minimum absolute atomic E-state index is 0.0192. The first-order chi connectivity index (χ1) is 12.0. The van der Waals surface area contributed by atoms with Crippen molar-refractivity contribution in [2.24, 2.45) is 0 Å². The van der Waals surface area contributed by atoms with Crippen LogP contribution in [-0.2, 0) is 4.74 Å². The van der Waals surface area contributed by atoms with E-state index in [0.717, 1.165) is 12.1 Å². The van der Waals surface area contributed by atoms with Gasteiger partial charge in [-0.25, -0.2) is 8.78 Å². The van der Waals surface area contributed by atoms with Gasteiger partial charge in [-0.3, -0.25) is 14.6 Å². The SMILES string of the molecule is COCCCNC(=O)c1ccnc(C(=O)Nc2ccc(F)c(F)c2)c1. The largest absolute Gasteiger partial charge is 0.385 e. The minimum Gasteiger partial charge on any atom is -0.385 e. The first kappa shape index (κ1) is 18.5. The molecule has 2 aromatic rings. The van der Waals surface area contributed by atoms with E-state index in [1.807, 2.05) is 0 Å². The van der Waals surface area contributed by atoms with Crippen LogP contribution < -0.4 is 10.6 Å². The molecule has 132 valence electrons. The molecule has 0 aliphatic heterocycles. The number of aromatic nitrogens is 1. The Hall–Kier alpha value is -2.87. The van der Waals surface area contributed by atoms with Crippen molar-refractivity contribution in [2.75, 3.05) is 25.6 Å². The lowest BCUT2D eigenvalue weighted by Gasteiger charge is -2.07. The number of halogens is 2. The van der Waals surface area contributed by atoms with Crippen LogP contribution in [0.4, 0.5) is 14.5 Å². The van der Waals surface area contributed by atoms with Crippen LogP contribution in [0.5, 0.6) is 0 Å². The molecule has 0 spiro atoms. The van der Waals surface area contributed by atoms with Crippen LogP contribution in [0.3, 0.4) is 0 Å². The van der Waals surface area contributed by atoms with Gasteiger partial charge in [0.2, 0.25) is 0 Å². The van der Waals surface area contributed by atoms with E-state index in [-0.39, 0.29) is 22.9 Å². The van der Waals surface area contributed by atoms with Crippen LogP contribution >= 0.6 is 0 Å². The second kappa shape index (κ2) is 8.84. The zero-order valence-electron chi connectivity index (χ0n) is 13.5. The second-order valence-corrected chi connectivity index (χ2v) is 5.12. The maximum Gasteiger partial charge on any atom is 0.274 e. The molecule has 0 bridgehead atoms. The maximum atomic E-state index is 13.2. The van der Waals surface area contributed by atoms with Gasteiger partial charge in [-0.05, 0) is 30.7 Å². The van der Waals surface area contributed by atoms with Crippen molar-refractivity contribution in [3.05, 3.63) is 59.4 Å². The third-order valence-corrected chi connectivity index (χ3v) is 3.24. The zero-order valence-corrected chi connectivity index (χ0v) is 13.5. The number of anilines is 1. The molecular weight excluding hydrogens is 332 g/mol. The predicted molar refractivity (Wildman–Crippen MR) is 87.4 cm³/mol. The van der Waals surface area contributed by atoms with Gasteiger partial charge in [-0.1, -0.05) is 0 Å². The molecule has 1 heterocycles. The van der Waals surface area contributed by atoms with Gasteiger partial charge in [0.05, 0.1) is 0 Å². The van der Waals surface area contributed by atoms with Gasteiger partial charge in [0, 0.05) is 43.8 Å². The fourth-order valence-corrected chi connectivity index (χ4v) is 1.99. The lowest BCUT2D eigenvalue weighted by atomic mass is 10.2. The van der Waals surface area contributed by atoms with Gasteiger partial charge in [0.25, 0.3) is 11.8 Å². The number of pyridine rings is 1. The number of nitrogens with one attached hydrogen (secondary N) is 2. The molecule has 0 saturated carbocycles. The Morgan fingerprint density at radius 3 is 2.64 bits per heavy atom. The molecule has 1 aromatic heterocycles. The zero-order chi connectivity index (χ0) is 18.2. The molecule has 2 amide bonds. The van der Waals surface area contributed by atoms with Crippen molar-refractivity contribution >= 4 is 17.5 Å². The highest BCUT2D eigenvalue weighted by molar-refractivity contribution is 6.04. The Morgan fingerprint density at radius 1 is 1.12 bits per heavy atom. The highest BCUT2D eigenvalue weighted by Gasteiger charge is 2.13. The van der Waals surface area contributed by atoms with Gasteiger partial charge >= 0.3 is 0 Å². The van der Waals surface area contributed by atoms with Gasteiger partial charge in [-0.2, -0.15) is 0 Å². The number of rotatable bonds is 7. The number of hydrogen-bond donors (Lipinski definition) is 2. The third kappa shape index (κ3) is 5.32. The molecule has 2 rings (SSSR count). The van der Waals surface area contributed by atoms with Crippen molar-refractivity contribution in [1.29, 1.82) is 0 Å². The number of ether oxygens (including phenoxy) is 1. The fraction of sp³-hybridized carbons (Fsp3) is 0.235. The van der Waals surface area contributed by atoms with E-state index in [9.17, 15) is 18.4 Å². The van der Waals surface area contributed by atoms with E-state index in [1.54, 1.807) is 7.11 Å². The van der Waals surface area contributed by atoms with Gasteiger partial charge < -0.3 is 15.4 Å². The molecule has 0 saturated heterocycles. The Labute approximate surface area is 143 Å². The van der Waals surface area contributed by atoms with E-state index >= 15 is 0 Å². The summed E-state index contributed by atoms with van der Waals surface area (Å²) in [5.74, 6) is -3.07. The molecule has 1 aromatic carbocycles. The Kier molecular flexibility index (Phi) is 6.53. The summed E-state index contributed by atoms with van der Waals surface area (Å²) in [5.41, 5.74) is 0.331. The topological polar surface area (TPSA) is 80.3 Å². The first-order valence-corrected chi connectivity index (χ1v) is 7.51. The smallest absolute Gasteiger partial charge is 0.274 e. The molecule has 0 unspecified atom stereocenters. The lowest BCUT2D eigenvalue weighted by Crippen LogP contribution is -2.25. The average Bonchev–Trinajstić information content (AvgIpc) is 2.62. The standard InChI is InChI=1S/C17H17F2N3O3/c1-25-8-2-6-21-16(23)11-5-7-20-15(9-11)17(24)22-12-3-4-13(18)14(19)10-12/h3-5,7,9-10H,2,6,8H2,1H3,(H,21,23)(H,22,24). The molecule has 2 N–H and O–H groups in total. The van der Waals surface area contributed by atoms with Crippen molar-refractivity contribution < 1.29 is 23.1 Å². The van der Waals surface area contributed by atoms with Crippen LogP contribution in [0.1, 0.15) is 27.3 Å². The summed E-state index contributed by atoms with van der Waals surface area (Å²) in [6.45, 7) is 0.962. The predicted octanol–water partition coefficient (Wildman–Crippen LogP) is 2.38. The van der Waals surface area contributed by atoms with Crippen molar-refractivity contribution in [1.82, 2.24) is 10.3 Å². The van der Waals surface area contributed by atoms with Crippen LogP contribution in [0.2, 0.25) is 0 Å². The first-order valence-electron chi connectivity index (χ1n) is 7.51. The van der Waals surface area contributed by atoms with E-state index in [2.05, 4.69) is 15.6 Å². The molecule has 0 radical (unpaired) electrons. The number of carbonyl (C=O) groups excluding carboxylic acids is 2. The molecule has 0 atom stereocenters.